The van der Waals surface area contributed by atoms with Crippen molar-refractivity contribution in [3.63, 3.8) is 0 Å². The number of carbonyl (C=O) groups excluding carboxylic acids is 2. The second kappa shape index (κ2) is 6.55. The molecule has 1 heterocycles. The van der Waals surface area contributed by atoms with Gasteiger partial charge in [-0.15, -0.1) is 0 Å². The van der Waals surface area contributed by atoms with E-state index in [0.29, 0.717) is 5.02 Å². The zero-order chi connectivity index (χ0) is 18.3. The molecule has 2 amide bonds. The van der Waals surface area contributed by atoms with E-state index >= 15 is 0 Å². The summed E-state index contributed by atoms with van der Waals surface area (Å²) >= 11 is 17.5. The molecule has 2 N–H and O–H groups in total. The second-order valence-electron chi connectivity index (χ2n) is 5.02. The van der Waals surface area contributed by atoms with Crippen molar-refractivity contribution in [3.8, 4) is 5.75 Å². The Labute approximate surface area is 156 Å². The molecule has 1 aliphatic rings. The molecule has 9 heteroatoms. The lowest BCUT2D eigenvalue weighted by Gasteiger charge is -2.15. The molecule has 2 aromatic carbocycles. The van der Waals surface area contributed by atoms with Gasteiger partial charge in [-0.1, -0.05) is 34.8 Å². The molecule has 0 atom stereocenters. The Bertz CT molecular complexity index is 946. The van der Waals surface area contributed by atoms with E-state index in [-0.39, 0.29) is 32.9 Å². The number of nitrogens with one attached hydrogen (secondary N) is 1. The van der Waals surface area contributed by atoms with Crippen LogP contribution in [-0.4, -0.2) is 16.9 Å². The van der Waals surface area contributed by atoms with E-state index in [0.717, 1.165) is 17.0 Å². The minimum Gasteiger partial charge on any atom is -0.506 e. The Hall–Kier alpha value is -2.28. The van der Waals surface area contributed by atoms with Gasteiger partial charge < -0.3 is 10.4 Å². The van der Waals surface area contributed by atoms with Crippen LogP contribution in [0.5, 0.6) is 5.75 Å². The molecular weight excluding hydrogens is 394 g/mol. The average Bonchev–Trinajstić information content (AvgIpc) is 2.77. The molecular formula is C16H8Cl3FN2O3. The number of phenols is 1. The number of nitrogens with zero attached hydrogens (tertiary/aromatic N) is 1. The highest BCUT2D eigenvalue weighted by atomic mass is 35.5. The van der Waals surface area contributed by atoms with Crippen LogP contribution in [0.15, 0.2) is 47.1 Å². The number of phenolic OH excluding ortho intramolecular Hbond substituents is 1. The number of amides is 2. The molecule has 0 aromatic heterocycles. The van der Waals surface area contributed by atoms with Crippen molar-refractivity contribution in [2.75, 3.05) is 10.2 Å². The van der Waals surface area contributed by atoms with Crippen molar-refractivity contribution < 1.29 is 19.1 Å². The number of hydrogen-bond donors (Lipinski definition) is 2. The standard InChI is InChI=1S/C16H8Cl3FN2O3/c17-7-1-4-12(23)11(5-7)21-14-13(19)15(24)22(16(14)25)8-2-3-10(20)9(18)6-8/h1-6,21,23H. The molecule has 0 bridgehead atoms. The van der Waals surface area contributed by atoms with Gasteiger partial charge in [-0.3, -0.25) is 9.59 Å². The number of rotatable bonds is 3. The van der Waals surface area contributed by atoms with Crippen molar-refractivity contribution in [2.45, 2.75) is 0 Å². The van der Waals surface area contributed by atoms with Gasteiger partial charge in [0.15, 0.2) is 0 Å². The molecule has 0 radical (unpaired) electrons. The zero-order valence-electron chi connectivity index (χ0n) is 12.2. The molecule has 2 aromatic rings. The van der Waals surface area contributed by atoms with E-state index in [1.807, 2.05) is 0 Å². The summed E-state index contributed by atoms with van der Waals surface area (Å²) < 4.78 is 13.3. The topological polar surface area (TPSA) is 69.6 Å². The Morgan fingerprint density at radius 1 is 1.00 bits per heavy atom. The van der Waals surface area contributed by atoms with Crippen LogP contribution in [0.1, 0.15) is 0 Å². The van der Waals surface area contributed by atoms with Gasteiger partial charge in [-0.05, 0) is 36.4 Å². The number of carbonyl (C=O) groups is 2. The van der Waals surface area contributed by atoms with Crippen LogP contribution in [0, 0.1) is 5.82 Å². The van der Waals surface area contributed by atoms with Gasteiger partial charge in [0.25, 0.3) is 11.8 Å². The molecule has 128 valence electrons. The van der Waals surface area contributed by atoms with Crippen LogP contribution in [0.2, 0.25) is 10.0 Å². The predicted molar refractivity (Wildman–Crippen MR) is 93.5 cm³/mol. The van der Waals surface area contributed by atoms with Gasteiger partial charge in [0.05, 0.1) is 16.4 Å². The fourth-order valence-electron chi connectivity index (χ4n) is 2.21. The molecule has 5 nitrogen and oxygen atoms in total. The summed E-state index contributed by atoms with van der Waals surface area (Å²) in [4.78, 5) is 25.6. The Morgan fingerprint density at radius 3 is 2.40 bits per heavy atom. The first kappa shape index (κ1) is 17.5. The van der Waals surface area contributed by atoms with Gasteiger partial charge in [0.1, 0.15) is 22.3 Å². The summed E-state index contributed by atoms with van der Waals surface area (Å²) in [6, 6.07) is 7.52. The van der Waals surface area contributed by atoms with Crippen molar-refractivity contribution in [3.05, 3.63) is 63.0 Å². The first-order valence-corrected chi connectivity index (χ1v) is 7.92. The minimum atomic E-state index is -0.807. The van der Waals surface area contributed by atoms with Crippen molar-refractivity contribution in [2.24, 2.45) is 0 Å². The quantitative estimate of drug-likeness (QED) is 0.595. The first-order valence-electron chi connectivity index (χ1n) is 6.78. The van der Waals surface area contributed by atoms with Gasteiger partial charge in [-0.25, -0.2) is 9.29 Å². The number of halogens is 4. The van der Waals surface area contributed by atoms with Crippen molar-refractivity contribution in [1.82, 2.24) is 0 Å². The monoisotopic (exact) mass is 400 g/mol. The van der Waals surface area contributed by atoms with Gasteiger partial charge in [0.2, 0.25) is 0 Å². The zero-order valence-corrected chi connectivity index (χ0v) is 14.5. The molecule has 25 heavy (non-hydrogen) atoms. The van der Waals surface area contributed by atoms with Crippen LogP contribution < -0.4 is 10.2 Å². The molecule has 1 aliphatic heterocycles. The van der Waals surface area contributed by atoms with E-state index in [1.54, 1.807) is 0 Å². The van der Waals surface area contributed by atoms with Crippen LogP contribution in [-0.2, 0) is 9.59 Å². The summed E-state index contributed by atoms with van der Waals surface area (Å²) in [6.45, 7) is 0. The Balaban J connectivity index is 1.96. The summed E-state index contributed by atoms with van der Waals surface area (Å²) in [7, 11) is 0. The maximum absolute atomic E-state index is 13.3. The molecule has 0 saturated heterocycles. The molecule has 0 aliphatic carbocycles. The third-order valence-electron chi connectivity index (χ3n) is 3.41. The average molecular weight is 402 g/mol. The predicted octanol–water partition coefficient (Wildman–Crippen LogP) is 4.27. The maximum atomic E-state index is 13.3. The summed E-state index contributed by atoms with van der Waals surface area (Å²) in [6.07, 6.45) is 0. The molecule has 0 fully saturated rings. The maximum Gasteiger partial charge on any atom is 0.283 e. The van der Waals surface area contributed by atoms with E-state index in [1.165, 1.54) is 24.3 Å². The highest BCUT2D eigenvalue weighted by molar-refractivity contribution is 6.53. The SMILES string of the molecule is O=C1C(Cl)=C(Nc2cc(Cl)ccc2O)C(=O)N1c1ccc(F)c(Cl)c1. The molecule has 0 unspecified atom stereocenters. The summed E-state index contributed by atoms with van der Waals surface area (Å²) in [5.41, 5.74) is -0.0860. The number of benzene rings is 2. The fourth-order valence-corrected chi connectivity index (χ4v) is 2.77. The van der Waals surface area contributed by atoms with Gasteiger partial charge >= 0.3 is 0 Å². The van der Waals surface area contributed by atoms with E-state index in [9.17, 15) is 19.1 Å². The Morgan fingerprint density at radius 2 is 1.72 bits per heavy atom. The highest BCUT2D eigenvalue weighted by Crippen LogP contribution is 2.34. The van der Waals surface area contributed by atoms with E-state index < -0.39 is 17.6 Å². The van der Waals surface area contributed by atoms with Crippen LogP contribution >= 0.6 is 34.8 Å². The van der Waals surface area contributed by atoms with Crippen LogP contribution in [0.3, 0.4) is 0 Å². The highest BCUT2D eigenvalue weighted by Gasteiger charge is 2.39. The normalized spacial score (nSPS) is 14.5. The van der Waals surface area contributed by atoms with E-state index in [4.69, 9.17) is 34.8 Å². The lowest BCUT2D eigenvalue weighted by Crippen LogP contribution is -2.32. The molecule has 3 rings (SSSR count). The van der Waals surface area contributed by atoms with Crippen molar-refractivity contribution in [1.29, 1.82) is 0 Å². The number of hydrogen-bond acceptors (Lipinski definition) is 4. The first-order chi connectivity index (χ1) is 11.8. The molecule has 0 saturated carbocycles. The third-order valence-corrected chi connectivity index (χ3v) is 4.28. The Kier molecular flexibility index (Phi) is 4.60. The minimum absolute atomic E-state index is 0.0617. The summed E-state index contributed by atoms with van der Waals surface area (Å²) in [5.74, 6) is -2.47. The lowest BCUT2D eigenvalue weighted by molar-refractivity contribution is -0.120. The summed E-state index contributed by atoms with van der Waals surface area (Å²) in [5, 5.41) is 12.1. The molecule has 0 spiro atoms. The number of anilines is 2. The second-order valence-corrected chi connectivity index (χ2v) is 6.24. The van der Waals surface area contributed by atoms with Crippen molar-refractivity contribution >= 4 is 58.0 Å². The number of aromatic hydroxyl groups is 1. The van der Waals surface area contributed by atoms with Crippen LogP contribution in [0.4, 0.5) is 15.8 Å². The fraction of sp³-hybridized carbons (Fsp3) is 0. The lowest BCUT2D eigenvalue weighted by atomic mass is 10.2. The van der Waals surface area contributed by atoms with Gasteiger partial charge in [0, 0.05) is 5.02 Å². The smallest absolute Gasteiger partial charge is 0.283 e. The third kappa shape index (κ3) is 3.16. The number of imide groups is 1. The van der Waals surface area contributed by atoms with Crippen LogP contribution in [0.25, 0.3) is 0 Å². The largest absolute Gasteiger partial charge is 0.506 e. The van der Waals surface area contributed by atoms with E-state index in [2.05, 4.69) is 5.32 Å². The van der Waals surface area contributed by atoms with Gasteiger partial charge in [-0.2, -0.15) is 0 Å².